The van der Waals surface area contributed by atoms with Crippen molar-refractivity contribution in [1.29, 1.82) is 0 Å². The van der Waals surface area contributed by atoms with E-state index in [1.165, 1.54) is 16.6 Å². The van der Waals surface area contributed by atoms with Gasteiger partial charge < -0.3 is 4.74 Å². The summed E-state index contributed by atoms with van der Waals surface area (Å²) in [6.45, 7) is 2.21. The van der Waals surface area contributed by atoms with Crippen LogP contribution in [0.3, 0.4) is 0 Å². The van der Waals surface area contributed by atoms with Gasteiger partial charge in [0.2, 0.25) is 15.9 Å². The molecule has 0 aliphatic rings. The van der Waals surface area contributed by atoms with Gasteiger partial charge in [0.25, 0.3) is 0 Å². The molecule has 0 unspecified atom stereocenters. The average molecular weight is 456 g/mol. The number of benzene rings is 2. The fourth-order valence-corrected chi connectivity index (χ4v) is 4.21. The molecule has 0 atom stereocenters. The van der Waals surface area contributed by atoms with Crippen molar-refractivity contribution in [2.45, 2.75) is 24.7 Å². The molecule has 1 N–H and O–H groups in total. The number of ether oxygens (including phenoxy) is 1. The topological polar surface area (TPSA) is 98.5 Å². The second-order valence-electron chi connectivity index (χ2n) is 7.12. The van der Waals surface area contributed by atoms with E-state index < -0.39 is 10.0 Å². The van der Waals surface area contributed by atoms with E-state index in [4.69, 9.17) is 4.74 Å². The molecule has 2 aromatic heterocycles. The number of halogens is 1. The molecule has 2 heterocycles. The van der Waals surface area contributed by atoms with Crippen LogP contribution in [0.4, 0.5) is 4.39 Å². The Labute approximate surface area is 185 Å². The van der Waals surface area contributed by atoms with Crippen LogP contribution < -0.4 is 9.46 Å². The Bertz CT molecular complexity index is 1320. The van der Waals surface area contributed by atoms with Crippen molar-refractivity contribution in [3.63, 3.8) is 0 Å². The predicted octanol–water partition coefficient (Wildman–Crippen LogP) is 3.24. The zero-order chi connectivity index (χ0) is 22.6. The summed E-state index contributed by atoms with van der Waals surface area (Å²) in [6, 6.07) is 16.1. The maximum absolute atomic E-state index is 13.6. The lowest BCUT2D eigenvalue weighted by molar-refractivity contribution is 0.306. The Morgan fingerprint density at radius 3 is 2.62 bits per heavy atom. The van der Waals surface area contributed by atoms with Gasteiger partial charge in [-0.3, -0.25) is 0 Å². The first kappa shape index (κ1) is 21.8. The third kappa shape index (κ3) is 4.92. The quantitative estimate of drug-likeness (QED) is 0.389. The summed E-state index contributed by atoms with van der Waals surface area (Å²) in [5, 5.41) is 12.4. The Hall–Kier alpha value is -3.37. The maximum atomic E-state index is 13.6. The molecular weight excluding hydrogens is 433 g/mol. The largest absolute Gasteiger partial charge is 0.475 e. The first-order valence-corrected chi connectivity index (χ1v) is 11.6. The van der Waals surface area contributed by atoms with E-state index in [-0.39, 0.29) is 29.7 Å². The van der Waals surface area contributed by atoms with Crippen molar-refractivity contribution in [1.82, 2.24) is 24.5 Å². The summed E-state index contributed by atoms with van der Waals surface area (Å²) in [7, 11) is -3.63. The van der Waals surface area contributed by atoms with Gasteiger partial charge in [-0.15, -0.1) is 15.3 Å². The molecule has 0 saturated carbocycles. The Morgan fingerprint density at radius 1 is 1.06 bits per heavy atom. The Balaban J connectivity index is 1.39. The van der Waals surface area contributed by atoms with Crippen molar-refractivity contribution in [3.8, 4) is 17.3 Å². The third-order valence-electron chi connectivity index (χ3n) is 4.74. The number of nitrogens with one attached hydrogen (secondary N) is 1. The SMILES string of the molecule is CCCc1ccc(S(=O)(=O)NCCOc2ccc3nnc(-c4cccc(F)c4)n3n2)cc1. The van der Waals surface area contributed by atoms with Crippen LogP contribution >= 0.6 is 0 Å². The third-order valence-corrected chi connectivity index (χ3v) is 6.21. The molecule has 2 aromatic carbocycles. The molecule has 32 heavy (non-hydrogen) atoms. The molecule has 0 bridgehead atoms. The van der Waals surface area contributed by atoms with Crippen molar-refractivity contribution < 1.29 is 17.5 Å². The summed E-state index contributed by atoms with van der Waals surface area (Å²) in [5.74, 6) is 0.245. The van der Waals surface area contributed by atoms with Crippen LogP contribution in [0, 0.1) is 5.82 Å². The molecule has 0 radical (unpaired) electrons. The van der Waals surface area contributed by atoms with Gasteiger partial charge in [-0.25, -0.2) is 17.5 Å². The van der Waals surface area contributed by atoms with E-state index in [9.17, 15) is 12.8 Å². The minimum atomic E-state index is -3.63. The number of fused-ring (bicyclic) bond motifs is 1. The van der Waals surface area contributed by atoms with Crippen LogP contribution in [0.1, 0.15) is 18.9 Å². The number of hydrogen-bond acceptors (Lipinski definition) is 6. The number of sulfonamides is 1. The summed E-state index contributed by atoms with van der Waals surface area (Å²) in [4.78, 5) is 0.209. The minimum Gasteiger partial charge on any atom is -0.475 e. The van der Waals surface area contributed by atoms with Crippen molar-refractivity contribution in [3.05, 3.63) is 72.0 Å². The van der Waals surface area contributed by atoms with Crippen LogP contribution in [-0.4, -0.2) is 41.4 Å². The fraction of sp³-hybridized carbons (Fsp3) is 0.227. The minimum absolute atomic E-state index is 0.0672. The smallest absolute Gasteiger partial charge is 0.240 e. The first-order chi connectivity index (χ1) is 15.5. The maximum Gasteiger partial charge on any atom is 0.240 e. The highest BCUT2D eigenvalue weighted by Gasteiger charge is 2.14. The molecule has 0 aliphatic carbocycles. The van der Waals surface area contributed by atoms with Gasteiger partial charge in [-0.1, -0.05) is 37.6 Å². The molecule has 0 fully saturated rings. The van der Waals surface area contributed by atoms with Gasteiger partial charge >= 0.3 is 0 Å². The summed E-state index contributed by atoms with van der Waals surface area (Å²) >= 11 is 0. The van der Waals surface area contributed by atoms with Crippen molar-refractivity contribution in [2.75, 3.05) is 13.2 Å². The van der Waals surface area contributed by atoms with Gasteiger partial charge in [0.05, 0.1) is 4.90 Å². The molecule has 4 rings (SSSR count). The van der Waals surface area contributed by atoms with E-state index in [2.05, 4.69) is 26.9 Å². The molecular formula is C22H22FN5O3S. The highest BCUT2D eigenvalue weighted by molar-refractivity contribution is 7.89. The standard InChI is InChI=1S/C22H22FN5O3S/c1-2-4-16-7-9-19(10-8-16)32(29,30)24-13-14-31-21-12-11-20-25-26-22(28(20)27-21)17-5-3-6-18(23)15-17/h3,5-12,15,24H,2,4,13-14H2,1H3. The average Bonchev–Trinajstić information content (AvgIpc) is 3.21. The Morgan fingerprint density at radius 2 is 1.88 bits per heavy atom. The molecule has 0 saturated heterocycles. The van der Waals surface area contributed by atoms with Crippen LogP contribution in [-0.2, 0) is 16.4 Å². The second-order valence-corrected chi connectivity index (χ2v) is 8.88. The van der Waals surface area contributed by atoms with Gasteiger partial charge in [0.15, 0.2) is 11.5 Å². The van der Waals surface area contributed by atoms with E-state index >= 15 is 0 Å². The number of hydrogen-bond donors (Lipinski definition) is 1. The number of nitrogens with zero attached hydrogens (tertiary/aromatic N) is 4. The predicted molar refractivity (Wildman–Crippen MR) is 117 cm³/mol. The van der Waals surface area contributed by atoms with Gasteiger partial charge in [-0.2, -0.15) is 4.52 Å². The molecule has 10 heteroatoms. The van der Waals surface area contributed by atoms with Gasteiger partial charge in [0, 0.05) is 18.2 Å². The van der Waals surface area contributed by atoms with Crippen molar-refractivity contribution >= 4 is 15.7 Å². The molecule has 166 valence electrons. The van der Waals surface area contributed by atoms with E-state index in [1.54, 1.807) is 36.4 Å². The van der Waals surface area contributed by atoms with Crippen LogP contribution in [0.25, 0.3) is 17.0 Å². The summed E-state index contributed by atoms with van der Waals surface area (Å²) < 4.78 is 48.0. The van der Waals surface area contributed by atoms with Crippen LogP contribution in [0.2, 0.25) is 0 Å². The Kier molecular flexibility index (Phi) is 6.42. The van der Waals surface area contributed by atoms with Gasteiger partial charge in [-0.05, 0) is 42.3 Å². The van der Waals surface area contributed by atoms with Crippen LogP contribution in [0.15, 0.2) is 65.6 Å². The zero-order valence-electron chi connectivity index (χ0n) is 17.4. The van der Waals surface area contributed by atoms with Crippen LogP contribution in [0.5, 0.6) is 5.88 Å². The van der Waals surface area contributed by atoms with Crippen molar-refractivity contribution in [2.24, 2.45) is 0 Å². The van der Waals surface area contributed by atoms with E-state index in [1.807, 2.05) is 12.1 Å². The summed E-state index contributed by atoms with van der Waals surface area (Å²) in [6.07, 6.45) is 1.91. The highest BCUT2D eigenvalue weighted by Crippen LogP contribution is 2.20. The number of aromatic nitrogens is 4. The lowest BCUT2D eigenvalue weighted by Crippen LogP contribution is -2.28. The lowest BCUT2D eigenvalue weighted by atomic mass is 10.1. The van der Waals surface area contributed by atoms with E-state index in [0.717, 1.165) is 18.4 Å². The lowest BCUT2D eigenvalue weighted by Gasteiger charge is -2.09. The second kappa shape index (κ2) is 9.41. The molecule has 8 nitrogen and oxygen atoms in total. The number of rotatable bonds is 9. The highest BCUT2D eigenvalue weighted by atomic mass is 32.2. The molecule has 0 spiro atoms. The van der Waals surface area contributed by atoms with Gasteiger partial charge in [0.1, 0.15) is 12.4 Å². The normalized spacial score (nSPS) is 11.7. The van der Waals surface area contributed by atoms with E-state index in [0.29, 0.717) is 17.0 Å². The zero-order valence-corrected chi connectivity index (χ0v) is 18.2. The molecule has 4 aromatic rings. The fourth-order valence-electron chi connectivity index (χ4n) is 3.20. The molecule has 0 amide bonds. The summed E-state index contributed by atoms with van der Waals surface area (Å²) in [5.41, 5.74) is 2.10. The first-order valence-electron chi connectivity index (χ1n) is 10.2. The molecule has 0 aliphatic heterocycles. The number of aryl methyl sites for hydroxylation is 1. The monoisotopic (exact) mass is 455 g/mol.